The molecular weight excluding hydrogens is 292 g/mol. The molecule has 0 unspecified atom stereocenters. The SMILES string of the molecule is CNc1nc(Cn2cc(C)c([N+](=O)[O-])n2)nc2sccc12. The fourth-order valence-corrected chi connectivity index (χ4v) is 2.86. The molecular formula is C12H12N6O2S. The number of aromatic nitrogens is 4. The van der Waals surface area contributed by atoms with E-state index in [1.54, 1.807) is 20.2 Å². The number of nitrogens with zero attached hydrogens (tertiary/aromatic N) is 5. The molecule has 0 saturated heterocycles. The second-order valence-corrected chi connectivity index (χ2v) is 5.36. The molecule has 21 heavy (non-hydrogen) atoms. The van der Waals surface area contributed by atoms with Crippen LogP contribution in [0, 0.1) is 17.0 Å². The first-order valence-electron chi connectivity index (χ1n) is 6.19. The quantitative estimate of drug-likeness (QED) is 0.586. The van der Waals surface area contributed by atoms with E-state index in [1.165, 1.54) is 16.0 Å². The summed E-state index contributed by atoms with van der Waals surface area (Å²) in [7, 11) is 1.80. The van der Waals surface area contributed by atoms with Crippen molar-refractivity contribution >= 4 is 33.2 Å². The van der Waals surface area contributed by atoms with Crippen LogP contribution in [-0.2, 0) is 6.54 Å². The Morgan fingerprint density at radius 1 is 1.48 bits per heavy atom. The Kier molecular flexibility index (Phi) is 3.26. The molecule has 3 heterocycles. The molecule has 3 rings (SSSR count). The number of fused-ring (bicyclic) bond motifs is 1. The first-order chi connectivity index (χ1) is 10.1. The summed E-state index contributed by atoms with van der Waals surface area (Å²) < 4.78 is 1.49. The van der Waals surface area contributed by atoms with E-state index in [0.29, 0.717) is 11.4 Å². The predicted molar refractivity (Wildman–Crippen MR) is 79.7 cm³/mol. The van der Waals surface area contributed by atoms with Crippen molar-refractivity contribution in [3.05, 3.63) is 39.1 Å². The van der Waals surface area contributed by atoms with E-state index in [9.17, 15) is 10.1 Å². The fourth-order valence-electron chi connectivity index (χ4n) is 2.08. The molecule has 0 aliphatic carbocycles. The van der Waals surface area contributed by atoms with Gasteiger partial charge in [-0.2, -0.15) is 4.68 Å². The number of anilines is 1. The van der Waals surface area contributed by atoms with Gasteiger partial charge in [-0.3, -0.25) is 0 Å². The van der Waals surface area contributed by atoms with Crippen LogP contribution in [0.3, 0.4) is 0 Å². The molecule has 0 aromatic carbocycles. The van der Waals surface area contributed by atoms with E-state index < -0.39 is 4.92 Å². The van der Waals surface area contributed by atoms with Gasteiger partial charge in [-0.25, -0.2) is 9.97 Å². The van der Waals surface area contributed by atoms with Gasteiger partial charge >= 0.3 is 5.82 Å². The summed E-state index contributed by atoms with van der Waals surface area (Å²) in [5.41, 5.74) is 0.519. The summed E-state index contributed by atoms with van der Waals surface area (Å²) in [5.74, 6) is 1.17. The molecule has 3 aromatic rings. The van der Waals surface area contributed by atoms with Crippen molar-refractivity contribution in [3.8, 4) is 0 Å². The predicted octanol–water partition coefficient (Wildman–Crippen LogP) is 2.19. The van der Waals surface area contributed by atoms with Crippen molar-refractivity contribution in [2.45, 2.75) is 13.5 Å². The minimum Gasteiger partial charge on any atom is -0.372 e. The molecule has 0 aliphatic heterocycles. The third kappa shape index (κ3) is 2.42. The molecule has 0 amide bonds. The number of aryl methyl sites for hydroxylation is 1. The number of thiophene rings is 1. The Bertz CT molecular complexity index is 824. The smallest absolute Gasteiger partial charge is 0.372 e. The highest BCUT2D eigenvalue weighted by atomic mass is 32.1. The van der Waals surface area contributed by atoms with E-state index in [2.05, 4.69) is 20.4 Å². The second-order valence-electron chi connectivity index (χ2n) is 4.47. The van der Waals surface area contributed by atoms with E-state index in [-0.39, 0.29) is 12.4 Å². The number of nitrogens with one attached hydrogen (secondary N) is 1. The zero-order chi connectivity index (χ0) is 15.0. The lowest BCUT2D eigenvalue weighted by molar-refractivity contribution is -0.390. The monoisotopic (exact) mass is 304 g/mol. The van der Waals surface area contributed by atoms with Crippen molar-refractivity contribution in [1.82, 2.24) is 19.7 Å². The molecule has 0 aliphatic rings. The lowest BCUT2D eigenvalue weighted by atomic mass is 10.3. The highest BCUT2D eigenvalue weighted by molar-refractivity contribution is 7.16. The van der Waals surface area contributed by atoms with Crippen LogP contribution >= 0.6 is 11.3 Å². The molecule has 0 saturated carbocycles. The number of rotatable bonds is 4. The van der Waals surface area contributed by atoms with Gasteiger partial charge in [0.15, 0.2) is 5.82 Å². The van der Waals surface area contributed by atoms with Gasteiger partial charge in [0.25, 0.3) is 0 Å². The fraction of sp³-hybridized carbons (Fsp3) is 0.250. The largest absolute Gasteiger partial charge is 0.392 e. The molecule has 1 N–H and O–H groups in total. The third-order valence-corrected chi connectivity index (χ3v) is 3.81. The first-order valence-corrected chi connectivity index (χ1v) is 7.06. The van der Waals surface area contributed by atoms with Gasteiger partial charge < -0.3 is 15.4 Å². The summed E-state index contributed by atoms with van der Waals surface area (Å²) in [5, 5.41) is 20.7. The maximum absolute atomic E-state index is 10.8. The summed E-state index contributed by atoms with van der Waals surface area (Å²) in [4.78, 5) is 20.1. The first kappa shape index (κ1) is 13.4. The van der Waals surface area contributed by atoms with Crippen LogP contribution in [-0.4, -0.2) is 31.7 Å². The zero-order valence-electron chi connectivity index (χ0n) is 11.4. The Morgan fingerprint density at radius 2 is 2.29 bits per heavy atom. The average molecular weight is 304 g/mol. The number of nitro groups is 1. The maximum atomic E-state index is 10.8. The van der Waals surface area contributed by atoms with Crippen molar-refractivity contribution in [2.24, 2.45) is 0 Å². The van der Waals surface area contributed by atoms with Gasteiger partial charge in [-0.15, -0.1) is 11.3 Å². The van der Waals surface area contributed by atoms with Gasteiger partial charge in [0.1, 0.15) is 17.2 Å². The maximum Gasteiger partial charge on any atom is 0.392 e. The molecule has 0 fully saturated rings. The Labute approximate surface area is 123 Å². The highest BCUT2D eigenvalue weighted by Gasteiger charge is 2.18. The molecule has 0 bridgehead atoms. The van der Waals surface area contributed by atoms with Gasteiger partial charge in [0.05, 0.1) is 22.2 Å². The zero-order valence-corrected chi connectivity index (χ0v) is 12.2. The van der Waals surface area contributed by atoms with Gasteiger partial charge in [0.2, 0.25) is 0 Å². The van der Waals surface area contributed by atoms with Crippen LogP contribution in [0.5, 0.6) is 0 Å². The minimum absolute atomic E-state index is 0.138. The molecule has 0 spiro atoms. The molecule has 9 heteroatoms. The van der Waals surface area contributed by atoms with Crippen LogP contribution in [0.2, 0.25) is 0 Å². The lowest BCUT2D eigenvalue weighted by Gasteiger charge is -2.04. The summed E-state index contributed by atoms with van der Waals surface area (Å²) >= 11 is 1.53. The molecule has 8 nitrogen and oxygen atoms in total. The Balaban J connectivity index is 1.97. The summed E-state index contributed by atoms with van der Waals surface area (Å²) in [6.07, 6.45) is 1.62. The average Bonchev–Trinajstić information content (AvgIpc) is 3.04. The van der Waals surface area contributed by atoms with E-state index in [0.717, 1.165) is 16.0 Å². The molecule has 108 valence electrons. The van der Waals surface area contributed by atoms with Crippen LogP contribution in [0.4, 0.5) is 11.6 Å². The number of hydrogen-bond donors (Lipinski definition) is 1. The molecule has 0 radical (unpaired) electrons. The van der Waals surface area contributed by atoms with Gasteiger partial charge in [0, 0.05) is 7.05 Å². The third-order valence-electron chi connectivity index (χ3n) is 3.00. The van der Waals surface area contributed by atoms with E-state index in [4.69, 9.17) is 0 Å². The number of hydrogen-bond acceptors (Lipinski definition) is 7. The normalized spacial score (nSPS) is 11.0. The highest BCUT2D eigenvalue weighted by Crippen LogP contribution is 2.25. The summed E-state index contributed by atoms with van der Waals surface area (Å²) in [6, 6.07) is 1.96. The van der Waals surface area contributed by atoms with Crippen molar-refractivity contribution in [3.63, 3.8) is 0 Å². The Hall–Kier alpha value is -2.55. The Morgan fingerprint density at radius 3 is 2.95 bits per heavy atom. The summed E-state index contributed by atoms with van der Waals surface area (Å²) in [6.45, 7) is 1.95. The standard InChI is InChI=1S/C12H12N6O2S/c1-7-5-17(16-11(7)18(19)20)6-9-14-10(13-2)8-3-4-21-12(8)15-9/h3-5H,6H2,1-2H3,(H,13,14,15). The molecule has 0 atom stereocenters. The van der Waals surface area contributed by atoms with Crippen molar-refractivity contribution in [1.29, 1.82) is 0 Å². The van der Waals surface area contributed by atoms with Crippen LogP contribution in [0.1, 0.15) is 11.4 Å². The van der Waals surface area contributed by atoms with E-state index >= 15 is 0 Å². The van der Waals surface area contributed by atoms with Crippen LogP contribution in [0.15, 0.2) is 17.6 Å². The van der Waals surface area contributed by atoms with Crippen molar-refractivity contribution in [2.75, 3.05) is 12.4 Å². The van der Waals surface area contributed by atoms with Gasteiger partial charge in [-0.05, 0) is 23.3 Å². The van der Waals surface area contributed by atoms with E-state index in [1.807, 2.05) is 11.4 Å². The second kappa shape index (κ2) is 5.09. The minimum atomic E-state index is -0.492. The topological polar surface area (TPSA) is 98.8 Å². The lowest BCUT2D eigenvalue weighted by Crippen LogP contribution is -2.07. The van der Waals surface area contributed by atoms with Crippen molar-refractivity contribution < 1.29 is 4.92 Å². The van der Waals surface area contributed by atoms with Crippen LogP contribution < -0.4 is 5.32 Å². The molecule has 3 aromatic heterocycles. The van der Waals surface area contributed by atoms with Gasteiger partial charge in [-0.1, -0.05) is 0 Å². The van der Waals surface area contributed by atoms with Crippen LogP contribution in [0.25, 0.3) is 10.2 Å².